The Morgan fingerprint density at radius 2 is 1.45 bits per heavy atom. The Morgan fingerprint density at radius 1 is 0.909 bits per heavy atom. The van der Waals surface area contributed by atoms with Crippen molar-refractivity contribution in [3.63, 3.8) is 0 Å². The normalized spacial score (nSPS) is 26.9. The quantitative estimate of drug-likeness (QED) is 0.909. The van der Waals surface area contributed by atoms with Crippen LogP contribution in [0.25, 0.3) is 0 Å². The molecule has 22 heavy (non-hydrogen) atoms. The van der Waals surface area contributed by atoms with Gasteiger partial charge in [-0.15, -0.1) is 0 Å². The minimum Gasteiger partial charge on any atom is -0.481 e. The molecule has 0 heterocycles. The van der Waals surface area contributed by atoms with Gasteiger partial charge in [0.15, 0.2) is 0 Å². The van der Waals surface area contributed by atoms with Crippen molar-refractivity contribution in [2.45, 2.75) is 17.8 Å². The molecule has 0 unspecified atom stereocenters. The predicted octanol–water partition coefficient (Wildman–Crippen LogP) is 2.90. The minimum absolute atomic E-state index is 0.282. The molecule has 0 bridgehead atoms. The van der Waals surface area contributed by atoms with Crippen molar-refractivity contribution in [1.82, 2.24) is 0 Å². The lowest BCUT2D eigenvalue weighted by molar-refractivity contribution is -0.166. The molecule has 0 radical (unpaired) electrons. The molecule has 4 heteroatoms. The van der Waals surface area contributed by atoms with E-state index in [0.29, 0.717) is 12.0 Å². The second-order valence-electron chi connectivity index (χ2n) is 5.68. The number of carboxylic acid groups (broad SMARTS) is 2. The molecule has 1 aliphatic carbocycles. The summed E-state index contributed by atoms with van der Waals surface area (Å²) in [5.74, 6) is -3.38. The maximum absolute atomic E-state index is 11.9. The van der Waals surface area contributed by atoms with Crippen LogP contribution in [0.4, 0.5) is 0 Å². The van der Waals surface area contributed by atoms with E-state index >= 15 is 0 Å². The average Bonchev–Trinajstić information content (AvgIpc) is 2.48. The molecule has 2 aromatic carbocycles. The van der Waals surface area contributed by atoms with Crippen LogP contribution in [-0.2, 0) is 15.0 Å². The second-order valence-corrected chi connectivity index (χ2v) is 5.68. The fraction of sp³-hybridized carbons (Fsp3) is 0.222. The van der Waals surface area contributed by atoms with Crippen LogP contribution in [0.2, 0.25) is 0 Å². The van der Waals surface area contributed by atoms with E-state index in [0.717, 1.165) is 5.56 Å². The van der Waals surface area contributed by atoms with Crippen LogP contribution in [0.1, 0.15) is 23.5 Å². The maximum Gasteiger partial charge on any atom is 0.315 e. The Bertz CT molecular complexity index is 696. The molecule has 4 nitrogen and oxygen atoms in total. The van der Waals surface area contributed by atoms with Gasteiger partial charge in [-0.25, -0.2) is 0 Å². The highest BCUT2D eigenvalue weighted by Gasteiger charge is 2.63. The average molecular weight is 296 g/mol. The number of rotatable bonds is 4. The topological polar surface area (TPSA) is 74.6 Å². The van der Waals surface area contributed by atoms with E-state index in [1.54, 1.807) is 30.3 Å². The molecule has 0 aromatic heterocycles. The molecule has 0 aliphatic heterocycles. The highest BCUT2D eigenvalue weighted by atomic mass is 16.4. The van der Waals surface area contributed by atoms with E-state index in [1.165, 1.54) is 0 Å². The van der Waals surface area contributed by atoms with Crippen LogP contribution in [-0.4, -0.2) is 22.2 Å². The Morgan fingerprint density at radius 3 is 1.95 bits per heavy atom. The van der Waals surface area contributed by atoms with Crippen LogP contribution in [0.15, 0.2) is 60.7 Å². The molecule has 1 aliphatic rings. The molecular weight excluding hydrogens is 280 g/mol. The number of aliphatic carboxylic acids is 2. The molecular formula is C18H16O4. The van der Waals surface area contributed by atoms with Crippen LogP contribution in [0.3, 0.4) is 0 Å². The summed E-state index contributed by atoms with van der Waals surface area (Å²) in [5, 5.41) is 19.4. The standard InChI is InChI=1S/C18H16O4/c19-16(20)15-14(12-7-3-1-4-8-12)11-18(15,17(21)22)13-9-5-2-6-10-13/h1-10,14-15H,11H2,(H,19,20)(H,21,22)/t14-,15+,18+/m0/s1. The fourth-order valence-electron chi connectivity index (χ4n) is 3.54. The van der Waals surface area contributed by atoms with Gasteiger partial charge in [0.1, 0.15) is 5.41 Å². The first-order valence-corrected chi connectivity index (χ1v) is 7.14. The van der Waals surface area contributed by atoms with E-state index in [-0.39, 0.29) is 5.92 Å². The predicted molar refractivity (Wildman–Crippen MR) is 80.7 cm³/mol. The molecule has 0 saturated heterocycles. The third-order valence-electron chi connectivity index (χ3n) is 4.64. The third kappa shape index (κ3) is 1.99. The molecule has 2 N–H and O–H groups in total. The van der Waals surface area contributed by atoms with E-state index < -0.39 is 23.3 Å². The van der Waals surface area contributed by atoms with Crippen LogP contribution in [0, 0.1) is 5.92 Å². The van der Waals surface area contributed by atoms with E-state index in [4.69, 9.17) is 0 Å². The fourth-order valence-corrected chi connectivity index (χ4v) is 3.54. The van der Waals surface area contributed by atoms with Crippen molar-refractivity contribution in [2.24, 2.45) is 5.92 Å². The Kier molecular flexibility index (Phi) is 3.45. The summed E-state index contributed by atoms with van der Waals surface area (Å²) in [6.45, 7) is 0. The van der Waals surface area contributed by atoms with Crippen molar-refractivity contribution in [2.75, 3.05) is 0 Å². The lowest BCUT2D eigenvalue weighted by Gasteiger charge is -2.50. The number of carbonyl (C=O) groups is 2. The molecule has 3 rings (SSSR count). The summed E-state index contributed by atoms with van der Waals surface area (Å²) < 4.78 is 0. The Hall–Kier alpha value is -2.62. The summed E-state index contributed by atoms with van der Waals surface area (Å²) in [6, 6.07) is 18.0. The second kappa shape index (κ2) is 5.30. The van der Waals surface area contributed by atoms with Gasteiger partial charge in [0.25, 0.3) is 0 Å². The van der Waals surface area contributed by atoms with Gasteiger partial charge in [-0.3, -0.25) is 9.59 Å². The van der Waals surface area contributed by atoms with Gasteiger partial charge in [-0.05, 0) is 17.5 Å². The zero-order chi connectivity index (χ0) is 15.7. The van der Waals surface area contributed by atoms with Crippen molar-refractivity contribution in [1.29, 1.82) is 0 Å². The SMILES string of the molecule is O=C(O)[C@H]1[C@H](c2ccccc2)C[C@@]1(C(=O)O)c1ccccc1. The van der Waals surface area contributed by atoms with Crippen LogP contribution >= 0.6 is 0 Å². The summed E-state index contributed by atoms with van der Waals surface area (Å²) in [5.41, 5.74) is 0.0814. The first-order chi connectivity index (χ1) is 10.6. The molecule has 0 amide bonds. The van der Waals surface area contributed by atoms with Crippen molar-refractivity contribution in [3.8, 4) is 0 Å². The highest BCUT2D eigenvalue weighted by molar-refractivity contribution is 5.92. The van der Waals surface area contributed by atoms with Gasteiger partial charge in [-0.2, -0.15) is 0 Å². The van der Waals surface area contributed by atoms with E-state index in [1.807, 2.05) is 30.3 Å². The van der Waals surface area contributed by atoms with Gasteiger partial charge in [-0.1, -0.05) is 60.7 Å². The number of hydrogen-bond donors (Lipinski definition) is 2. The van der Waals surface area contributed by atoms with Gasteiger partial charge >= 0.3 is 11.9 Å². The maximum atomic E-state index is 11.9. The molecule has 1 saturated carbocycles. The number of carboxylic acids is 2. The number of benzene rings is 2. The monoisotopic (exact) mass is 296 g/mol. The summed E-state index contributed by atoms with van der Waals surface area (Å²) >= 11 is 0. The van der Waals surface area contributed by atoms with Crippen LogP contribution in [0.5, 0.6) is 0 Å². The van der Waals surface area contributed by atoms with Crippen LogP contribution < -0.4 is 0 Å². The first kappa shape index (κ1) is 14.3. The third-order valence-corrected chi connectivity index (χ3v) is 4.64. The lowest BCUT2D eigenvalue weighted by Crippen LogP contribution is -2.58. The molecule has 112 valence electrons. The summed E-state index contributed by atoms with van der Waals surface area (Å²) in [4.78, 5) is 23.7. The van der Waals surface area contributed by atoms with Gasteiger partial charge in [0, 0.05) is 5.92 Å². The van der Waals surface area contributed by atoms with E-state index in [9.17, 15) is 19.8 Å². The van der Waals surface area contributed by atoms with Crippen molar-refractivity contribution < 1.29 is 19.8 Å². The van der Waals surface area contributed by atoms with Crippen molar-refractivity contribution in [3.05, 3.63) is 71.8 Å². The molecule has 1 fully saturated rings. The van der Waals surface area contributed by atoms with E-state index in [2.05, 4.69) is 0 Å². The van der Waals surface area contributed by atoms with Gasteiger partial charge in [0.2, 0.25) is 0 Å². The molecule has 2 aromatic rings. The van der Waals surface area contributed by atoms with Crippen molar-refractivity contribution >= 4 is 11.9 Å². The number of hydrogen-bond acceptors (Lipinski definition) is 2. The Labute approximate surface area is 128 Å². The summed E-state index contributed by atoms with van der Waals surface area (Å²) in [6.07, 6.45) is 0.299. The smallest absolute Gasteiger partial charge is 0.315 e. The zero-order valence-electron chi connectivity index (χ0n) is 11.8. The summed E-state index contributed by atoms with van der Waals surface area (Å²) in [7, 11) is 0. The molecule has 0 spiro atoms. The first-order valence-electron chi connectivity index (χ1n) is 7.14. The largest absolute Gasteiger partial charge is 0.481 e. The van der Waals surface area contributed by atoms with Gasteiger partial charge in [0.05, 0.1) is 5.92 Å². The van der Waals surface area contributed by atoms with Gasteiger partial charge < -0.3 is 10.2 Å². The zero-order valence-corrected chi connectivity index (χ0v) is 11.8. The lowest BCUT2D eigenvalue weighted by atomic mass is 9.49. The Balaban J connectivity index is 2.06. The molecule has 3 atom stereocenters. The highest BCUT2D eigenvalue weighted by Crippen LogP contribution is 2.57. The minimum atomic E-state index is -1.35.